The molecule has 0 bridgehead atoms. The molecule has 2 heterocycles. The number of nitrogens with zero attached hydrogens (tertiary/aromatic N) is 2. The summed E-state index contributed by atoms with van der Waals surface area (Å²) in [6.07, 6.45) is 5.55. The molecule has 3 nitrogen and oxygen atoms in total. The van der Waals surface area contributed by atoms with Crippen LogP contribution in [0.2, 0.25) is 0 Å². The SMILES string of the molecule is Fc1ccc(-n2cncc2[C@@H]2CCCN2)cc1F. The molecule has 0 unspecified atom stereocenters. The minimum atomic E-state index is -0.841. The van der Waals surface area contributed by atoms with Crippen molar-refractivity contribution in [1.82, 2.24) is 14.9 Å². The molecule has 5 heteroatoms. The van der Waals surface area contributed by atoms with Gasteiger partial charge in [-0.1, -0.05) is 0 Å². The summed E-state index contributed by atoms with van der Waals surface area (Å²) in [6.45, 7) is 0.980. The van der Waals surface area contributed by atoms with Crippen LogP contribution < -0.4 is 5.32 Å². The van der Waals surface area contributed by atoms with Crippen LogP contribution in [0.4, 0.5) is 8.78 Å². The van der Waals surface area contributed by atoms with Gasteiger partial charge in [0.15, 0.2) is 11.6 Å². The quantitative estimate of drug-likeness (QED) is 0.886. The van der Waals surface area contributed by atoms with E-state index >= 15 is 0 Å². The van der Waals surface area contributed by atoms with Crippen molar-refractivity contribution in [3.63, 3.8) is 0 Å². The number of hydrogen-bond donors (Lipinski definition) is 1. The topological polar surface area (TPSA) is 29.9 Å². The molecular weight excluding hydrogens is 236 g/mol. The van der Waals surface area contributed by atoms with Crippen molar-refractivity contribution in [1.29, 1.82) is 0 Å². The highest BCUT2D eigenvalue weighted by Crippen LogP contribution is 2.25. The van der Waals surface area contributed by atoms with Crippen LogP contribution >= 0.6 is 0 Å². The lowest BCUT2D eigenvalue weighted by atomic mass is 10.1. The molecule has 0 saturated carbocycles. The molecule has 1 atom stereocenters. The van der Waals surface area contributed by atoms with Crippen LogP contribution in [0, 0.1) is 11.6 Å². The van der Waals surface area contributed by atoms with Crippen molar-refractivity contribution in [2.75, 3.05) is 6.54 Å². The fraction of sp³-hybridized carbons (Fsp3) is 0.308. The van der Waals surface area contributed by atoms with E-state index in [4.69, 9.17) is 0 Å². The highest BCUT2D eigenvalue weighted by molar-refractivity contribution is 5.35. The Balaban J connectivity index is 2.00. The first kappa shape index (κ1) is 11.3. The van der Waals surface area contributed by atoms with E-state index in [0.717, 1.165) is 31.1 Å². The fourth-order valence-corrected chi connectivity index (χ4v) is 2.35. The number of nitrogens with one attached hydrogen (secondary N) is 1. The lowest BCUT2D eigenvalue weighted by Gasteiger charge is -2.14. The molecule has 2 aromatic rings. The van der Waals surface area contributed by atoms with Crippen LogP contribution in [-0.4, -0.2) is 16.1 Å². The van der Waals surface area contributed by atoms with Crippen molar-refractivity contribution in [3.05, 3.63) is 48.1 Å². The number of aromatic nitrogens is 2. The van der Waals surface area contributed by atoms with E-state index in [2.05, 4.69) is 10.3 Å². The third-order valence-corrected chi connectivity index (χ3v) is 3.27. The lowest BCUT2D eigenvalue weighted by Crippen LogP contribution is -2.16. The number of imidazole rings is 1. The van der Waals surface area contributed by atoms with E-state index in [0.29, 0.717) is 5.69 Å². The molecule has 0 spiro atoms. The number of halogens is 2. The van der Waals surface area contributed by atoms with Crippen LogP contribution in [0.1, 0.15) is 24.6 Å². The monoisotopic (exact) mass is 249 g/mol. The van der Waals surface area contributed by atoms with Gasteiger partial charge in [-0.2, -0.15) is 0 Å². The molecule has 0 amide bonds. The van der Waals surface area contributed by atoms with E-state index < -0.39 is 11.6 Å². The summed E-state index contributed by atoms with van der Waals surface area (Å²) in [5.74, 6) is -1.68. The molecule has 1 aromatic carbocycles. The Bertz CT molecular complexity index is 559. The summed E-state index contributed by atoms with van der Waals surface area (Å²) in [5, 5.41) is 3.37. The van der Waals surface area contributed by atoms with Crippen molar-refractivity contribution in [2.45, 2.75) is 18.9 Å². The molecule has 1 aliphatic heterocycles. The molecule has 3 rings (SSSR count). The van der Waals surface area contributed by atoms with Gasteiger partial charge in [0, 0.05) is 17.8 Å². The fourth-order valence-electron chi connectivity index (χ4n) is 2.35. The Morgan fingerprint density at radius 2 is 2.17 bits per heavy atom. The van der Waals surface area contributed by atoms with Crippen molar-refractivity contribution < 1.29 is 8.78 Å². The van der Waals surface area contributed by atoms with Gasteiger partial charge in [0.2, 0.25) is 0 Å². The van der Waals surface area contributed by atoms with Gasteiger partial charge in [-0.05, 0) is 31.5 Å². The van der Waals surface area contributed by atoms with Crippen LogP contribution in [0.15, 0.2) is 30.7 Å². The molecule has 0 aliphatic carbocycles. The summed E-state index contributed by atoms with van der Waals surface area (Å²) in [6, 6.07) is 4.12. The van der Waals surface area contributed by atoms with Gasteiger partial charge in [0.1, 0.15) is 0 Å². The third-order valence-electron chi connectivity index (χ3n) is 3.27. The van der Waals surface area contributed by atoms with Gasteiger partial charge in [-0.15, -0.1) is 0 Å². The first-order valence-electron chi connectivity index (χ1n) is 5.97. The van der Waals surface area contributed by atoms with E-state index in [9.17, 15) is 8.78 Å². The summed E-state index contributed by atoms with van der Waals surface area (Å²) in [4.78, 5) is 4.10. The maximum atomic E-state index is 13.3. The van der Waals surface area contributed by atoms with Crippen molar-refractivity contribution in [3.8, 4) is 5.69 Å². The Kier molecular flexibility index (Phi) is 2.83. The Hall–Kier alpha value is -1.75. The van der Waals surface area contributed by atoms with Gasteiger partial charge in [0.25, 0.3) is 0 Å². The zero-order chi connectivity index (χ0) is 12.5. The molecule has 1 saturated heterocycles. The zero-order valence-corrected chi connectivity index (χ0v) is 9.74. The lowest BCUT2D eigenvalue weighted by molar-refractivity contribution is 0.507. The van der Waals surface area contributed by atoms with Crippen LogP contribution in [0.3, 0.4) is 0 Å². The molecule has 18 heavy (non-hydrogen) atoms. The molecule has 94 valence electrons. The van der Waals surface area contributed by atoms with Gasteiger partial charge >= 0.3 is 0 Å². The van der Waals surface area contributed by atoms with Crippen LogP contribution in [0.25, 0.3) is 5.69 Å². The van der Waals surface area contributed by atoms with Crippen molar-refractivity contribution >= 4 is 0 Å². The van der Waals surface area contributed by atoms with Gasteiger partial charge in [0.05, 0.1) is 18.2 Å². The molecule has 0 radical (unpaired) electrons. The van der Waals surface area contributed by atoms with E-state index in [1.807, 2.05) is 0 Å². The summed E-state index contributed by atoms with van der Waals surface area (Å²) in [5.41, 5.74) is 1.58. The highest BCUT2D eigenvalue weighted by atomic mass is 19.2. The smallest absolute Gasteiger partial charge is 0.160 e. The summed E-state index contributed by atoms with van der Waals surface area (Å²) in [7, 11) is 0. The van der Waals surface area contributed by atoms with Gasteiger partial charge < -0.3 is 9.88 Å². The van der Waals surface area contributed by atoms with Gasteiger partial charge in [-0.3, -0.25) is 0 Å². The average molecular weight is 249 g/mol. The standard InChI is InChI=1S/C13H13F2N3/c14-10-4-3-9(6-11(10)15)18-8-16-7-13(18)12-2-1-5-17-12/h3-4,6-8,12,17H,1-2,5H2/t12-/m0/s1. The van der Waals surface area contributed by atoms with Crippen LogP contribution in [-0.2, 0) is 0 Å². The predicted octanol–water partition coefficient (Wildman–Crippen LogP) is 2.58. The maximum Gasteiger partial charge on any atom is 0.160 e. The second-order valence-corrected chi connectivity index (χ2v) is 4.44. The molecule has 1 N–H and O–H groups in total. The minimum Gasteiger partial charge on any atom is -0.309 e. The first-order chi connectivity index (χ1) is 8.75. The Morgan fingerprint density at radius 3 is 2.89 bits per heavy atom. The first-order valence-corrected chi connectivity index (χ1v) is 5.97. The normalized spacial score (nSPS) is 19.3. The molecule has 1 aliphatic rings. The summed E-state index contributed by atoms with van der Waals surface area (Å²) < 4.78 is 28.0. The average Bonchev–Trinajstić information content (AvgIpc) is 3.00. The van der Waals surface area contributed by atoms with E-state index in [1.54, 1.807) is 23.2 Å². The second-order valence-electron chi connectivity index (χ2n) is 4.44. The second kappa shape index (κ2) is 4.49. The molecule has 1 fully saturated rings. The Labute approximate surface area is 103 Å². The molecular formula is C13H13F2N3. The van der Waals surface area contributed by atoms with Gasteiger partial charge in [-0.25, -0.2) is 13.8 Å². The zero-order valence-electron chi connectivity index (χ0n) is 9.74. The van der Waals surface area contributed by atoms with E-state index in [1.165, 1.54) is 6.07 Å². The Morgan fingerprint density at radius 1 is 1.28 bits per heavy atom. The number of benzene rings is 1. The third kappa shape index (κ3) is 1.90. The molecule has 1 aromatic heterocycles. The highest BCUT2D eigenvalue weighted by Gasteiger charge is 2.20. The summed E-state index contributed by atoms with van der Waals surface area (Å²) >= 11 is 0. The van der Waals surface area contributed by atoms with Crippen LogP contribution in [0.5, 0.6) is 0 Å². The van der Waals surface area contributed by atoms with E-state index in [-0.39, 0.29) is 6.04 Å². The predicted molar refractivity (Wildman–Crippen MR) is 63.5 cm³/mol. The van der Waals surface area contributed by atoms with Crippen molar-refractivity contribution in [2.24, 2.45) is 0 Å². The largest absolute Gasteiger partial charge is 0.309 e. The minimum absolute atomic E-state index is 0.237. The number of rotatable bonds is 2. The number of hydrogen-bond acceptors (Lipinski definition) is 2. The maximum absolute atomic E-state index is 13.3.